The molecule has 36 heavy (non-hydrogen) atoms. The molecule has 0 aliphatic carbocycles. The molecule has 0 fully saturated rings. The van der Waals surface area contributed by atoms with Crippen molar-refractivity contribution in [1.29, 1.82) is 0 Å². The summed E-state index contributed by atoms with van der Waals surface area (Å²) in [6.07, 6.45) is 1.60. The summed E-state index contributed by atoms with van der Waals surface area (Å²) in [6.45, 7) is 6.43. The van der Waals surface area contributed by atoms with Crippen LogP contribution in [0.3, 0.4) is 0 Å². The Hall–Kier alpha value is -2.91. The lowest BCUT2D eigenvalue weighted by Crippen LogP contribution is -2.57. The highest BCUT2D eigenvalue weighted by atomic mass is 32.2. The molecule has 8 heteroatoms. The molecule has 2 aromatic carbocycles. The van der Waals surface area contributed by atoms with Crippen molar-refractivity contribution in [1.82, 2.24) is 15.0 Å². The highest BCUT2D eigenvalue weighted by Crippen LogP contribution is 2.17. The monoisotopic (exact) mass is 509 g/mol. The predicted octanol–water partition coefficient (Wildman–Crippen LogP) is 4.56. The van der Waals surface area contributed by atoms with Crippen LogP contribution in [0.5, 0.6) is 0 Å². The first-order valence-corrected chi connectivity index (χ1v) is 13.1. The van der Waals surface area contributed by atoms with Crippen molar-refractivity contribution in [2.45, 2.75) is 57.2 Å². The number of aromatic nitrogens is 1. The van der Waals surface area contributed by atoms with Crippen LogP contribution in [0.1, 0.15) is 37.6 Å². The third-order valence-corrected chi connectivity index (χ3v) is 7.01. The number of pyridine rings is 1. The lowest BCUT2D eigenvalue weighted by Gasteiger charge is -2.32. The van der Waals surface area contributed by atoms with Crippen LogP contribution in [-0.4, -0.2) is 39.1 Å². The molecule has 0 bridgehead atoms. The molecule has 2 N–H and O–H groups in total. The number of carbonyl (C=O) groups excluding carboxylic acids is 1. The summed E-state index contributed by atoms with van der Waals surface area (Å²) in [7, 11) is 0. The van der Waals surface area contributed by atoms with Crippen LogP contribution >= 0.6 is 0 Å². The third kappa shape index (κ3) is 9.62. The van der Waals surface area contributed by atoms with E-state index < -0.39 is 34.3 Å². The number of hydrogen-bond donors (Lipinski definition) is 2. The average molecular weight is 510 g/mol. The van der Waals surface area contributed by atoms with E-state index in [1.165, 1.54) is 0 Å². The van der Waals surface area contributed by atoms with Gasteiger partial charge in [-0.25, -0.2) is 4.79 Å². The fourth-order valence-corrected chi connectivity index (χ4v) is 4.25. The number of nitrogens with one attached hydrogen (secondary N) is 2. The van der Waals surface area contributed by atoms with E-state index in [0.717, 1.165) is 16.8 Å². The van der Waals surface area contributed by atoms with Gasteiger partial charge in [0.1, 0.15) is 11.4 Å². The SMILES string of the molecule is CC(C)(C)[S+]([O-])N[C@@H](Cc1ccccn1)[C@H](COCc1ccccc1)NC(=O)OCc1ccccc1. The van der Waals surface area contributed by atoms with Gasteiger partial charge >= 0.3 is 6.09 Å². The van der Waals surface area contributed by atoms with Crippen molar-refractivity contribution < 1.29 is 18.8 Å². The van der Waals surface area contributed by atoms with Crippen LogP contribution in [0.4, 0.5) is 4.79 Å². The van der Waals surface area contributed by atoms with Crippen molar-refractivity contribution in [3.63, 3.8) is 0 Å². The van der Waals surface area contributed by atoms with Crippen LogP contribution in [0, 0.1) is 0 Å². The molecular formula is C28H35N3O4S. The normalized spacial score (nSPS) is 14.0. The summed E-state index contributed by atoms with van der Waals surface area (Å²) in [5.41, 5.74) is 2.73. The third-order valence-electron chi connectivity index (χ3n) is 5.38. The number of ether oxygens (including phenoxy) is 2. The molecule has 3 atom stereocenters. The van der Waals surface area contributed by atoms with Gasteiger partial charge in [-0.05, 0) is 44.0 Å². The van der Waals surface area contributed by atoms with Gasteiger partial charge < -0.3 is 19.3 Å². The Bertz CT molecular complexity index is 1030. The minimum absolute atomic E-state index is 0.149. The Morgan fingerprint density at radius 3 is 2.11 bits per heavy atom. The summed E-state index contributed by atoms with van der Waals surface area (Å²) in [5, 5.41) is 2.94. The number of benzene rings is 2. The molecule has 0 spiro atoms. The van der Waals surface area contributed by atoms with E-state index in [1.807, 2.05) is 99.6 Å². The van der Waals surface area contributed by atoms with E-state index in [-0.39, 0.29) is 13.2 Å². The Kier molecular flexibility index (Phi) is 10.8. The molecule has 1 heterocycles. The van der Waals surface area contributed by atoms with Gasteiger partial charge in [-0.3, -0.25) is 4.98 Å². The lowest BCUT2D eigenvalue weighted by molar-refractivity contribution is 0.0806. The number of hydrogen-bond acceptors (Lipinski definition) is 6. The summed E-state index contributed by atoms with van der Waals surface area (Å²) in [4.78, 5) is 17.2. The summed E-state index contributed by atoms with van der Waals surface area (Å²) in [5.74, 6) is 0. The second kappa shape index (κ2) is 14.0. The Morgan fingerprint density at radius 1 is 0.917 bits per heavy atom. The van der Waals surface area contributed by atoms with Crippen LogP contribution in [-0.2, 0) is 40.5 Å². The number of carbonyl (C=O) groups is 1. The maximum atomic E-state index is 13.1. The standard InChI is InChI=1S/C28H35N3O4S/c1-28(2,3)36(33)31-25(18-24-16-10-11-17-29-24)26(21-34-19-22-12-6-4-7-13-22)30-27(32)35-20-23-14-8-5-9-15-23/h4-17,25-26,31H,18-21H2,1-3H3,(H,30,32)/t25-,26-,36?/m0/s1. The van der Waals surface area contributed by atoms with Crippen molar-refractivity contribution in [2.75, 3.05) is 6.61 Å². The molecule has 0 aliphatic rings. The summed E-state index contributed by atoms with van der Waals surface area (Å²) >= 11 is -1.38. The average Bonchev–Trinajstić information content (AvgIpc) is 2.88. The molecular weight excluding hydrogens is 474 g/mol. The Balaban J connectivity index is 1.74. The number of nitrogens with zero attached hydrogens (tertiary/aromatic N) is 1. The van der Waals surface area contributed by atoms with Crippen LogP contribution < -0.4 is 10.0 Å². The quantitative estimate of drug-likeness (QED) is 0.348. The van der Waals surface area contributed by atoms with Crippen molar-refractivity contribution >= 4 is 17.5 Å². The van der Waals surface area contributed by atoms with Crippen LogP contribution in [0.15, 0.2) is 85.1 Å². The Morgan fingerprint density at radius 2 is 1.53 bits per heavy atom. The first-order chi connectivity index (χ1) is 17.3. The van der Waals surface area contributed by atoms with Crippen molar-refractivity contribution in [2.24, 2.45) is 0 Å². The van der Waals surface area contributed by atoms with Gasteiger partial charge in [-0.1, -0.05) is 66.7 Å². The first-order valence-electron chi connectivity index (χ1n) is 12.0. The number of rotatable bonds is 12. The zero-order chi connectivity index (χ0) is 25.8. The van der Waals surface area contributed by atoms with Gasteiger partial charge in [-0.15, -0.1) is 4.72 Å². The van der Waals surface area contributed by atoms with E-state index >= 15 is 0 Å². The van der Waals surface area contributed by atoms with E-state index in [1.54, 1.807) is 6.20 Å². The van der Waals surface area contributed by atoms with Gasteiger partial charge in [0, 0.05) is 29.7 Å². The van der Waals surface area contributed by atoms with E-state index in [4.69, 9.17) is 9.47 Å². The molecule has 0 radical (unpaired) electrons. The van der Waals surface area contributed by atoms with Crippen molar-refractivity contribution in [3.8, 4) is 0 Å². The molecule has 1 unspecified atom stereocenters. The Labute approximate surface area is 216 Å². The minimum Gasteiger partial charge on any atom is -0.598 e. The lowest BCUT2D eigenvalue weighted by atomic mass is 10.0. The fraction of sp³-hybridized carbons (Fsp3) is 0.357. The van der Waals surface area contributed by atoms with Gasteiger partial charge in [0.2, 0.25) is 0 Å². The van der Waals surface area contributed by atoms with Gasteiger partial charge in [-0.2, -0.15) is 0 Å². The zero-order valence-corrected chi connectivity index (χ0v) is 21.9. The molecule has 1 amide bonds. The summed E-state index contributed by atoms with van der Waals surface area (Å²) in [6, 6.07) is 24.0. The maximum absolute atomic E-state index is 13.1. The first kappa shape index (κ1) is 27.7. The molecule has 7 nitrogen and oxygen atoms in total. The molecule has 3 rings (SSSR count). The van der Waals surface area contributed by atoms with Gasteiger partial charge in [0.25, 0.3) is 0 Å². The minimum atomic E-state index is -1.38. The molecule has 3 aromatic rings. The zero-order valence-electron chi connectivity index (χ0n) is 21.1. The summed E-state index contributed by atoms with van der Waals surface area (Å²) < 4.78 is 27.2. The number of alkyl carbamates (subject to hydrolysis) is 1. The van der Waals surface area contributed by atoms with Gasteiger partial charge in [0.05, 0.1) is 25.3 Å². The van der Waals surface area contributed by atoms with E-state index in [0.29, 0.717) is 13.0 Å². The van der Waals surface area contributed by atoms with Crippen LogP contribution in [0.2, 0.25) is 0 Å². The molecule has 192 valence electrons. The molecule has 0 saturated carbocycles. The van der Waals surface area contributed by atoms with Gasteiger partial charge in [0.15, 0.2) is 0 Å². The second-order valence-corrected chi connectivity index (χ2v) is 11.4. The fourth-order valence-electron chi connectivity index (χ4n) is 3.38. The van der Waals surface area contributed by atoms with Crippen LogP contribution in [0.25, 0.3) is 0 Å². The van der Waals surface area contributed by atoms with Crippen molar-refractivity contribution in [3.05, 3.63) is 102 Å². The second-order valence-electron chi connectivity index (χ2n) is 9.44. The maximum Gasteiger partial charge on any atom is 0.407 e. The number of amides is 1. The van der Waals surface area contributed by atoms with E-state index in [2.05, 4.69) is 15.0 Å². The predicted molar refractivity (Wildman–Crippen MR) is 142 cm³/mol. The topological polar surface area (TPSA) is 95.5 Å². The van der Waals surface area contributed by atoms with E-state index in [9.17, 15) is 9.35 Å². The highest BCUT2D eigenvalue weighted by molar-refractivity contribution is 7.90. The highest BCUT2D eigenvalue weighted by Gasteiger charge is 2.34. The molecule has 1 aromatic heterocycles. The molecule has 0 aliphatic heterocycles. The smallest absolute Gasteiger partial charge is 0.407 e. The largest absolute Gasteiger partial charge is 0.598 e. The molecule has 0 saturated heterocycles.